The minimum Gasteiger partial charge on any atom is -0.488 e. The van der Waals surface area contributed by atoms with Gasteiger partial charge in [-0.2, -0.15) is 0 Å². The highest BCUT2D eigenvalue weighted by Gasteiger charge is 2.27. The van der Waals surface area contributed by atoms with Crippen molar-refractivity contribution in [2.24, 2.45) is 5.73 Å². The van der Waals surface area contributed by atoms with E-state index >= 15 is 4.39 Å². The fraction of sp³-hybridized carbons (Fsp3) is 0.280. The zero-order valence-corrected chi connectivity index (χ0v) is 17.6. The number of hydrogen-bond donors (Lipinski definition) is 2. The predicted octanol–water partition coefficient (Wildman–Crippen LogP) is 4.64. The Balaban J connectivity index is 1.49. The van der Waals surface area contributed by atoms with Crippen molar-refractivity contribution in [1.29, 1.82) is 0 Å². The maximum absolute atomic E-state index is 15.8. The lowest BCUT2D eigenvalue weighted by molar-refractivity contribution is 0.1000. The van der Waals surface area contributed by atoms with Gasteiger partial charge in [-0.15, -0.1) is 0 Å². The van der Waals surface area contributed by atoms with Gasteiger partial charge in [0.1, 0.15) is 13.2 Å². The number of nitrogens with two attached hydrogens (primary N) is 1. The second-order valence-corrected chi connectivity index (χ2v) is 8.17. The van der Waals surface area contributed by atoms with Crippen LogP contribution in [0.1, 0.15) is 46.7 Å². The summed E-state index contributed by atoms with van der Waals surface area (Å²) in [5, 5.41) is 3.17. The highest BCUT2D eigenvalue weighted by atomic mass is 19.1. The topological polar surface area (TPSA) is 86.5 Å². The predicted molar refractivity (Wildman–Crippen MR) is 119 cm³/mol. The molecule has 1 saturated carbocycles. The normalized spacial score (nSPS) is 15.2. The molecule has 2 aromatic carbocycles. The summed E-state index contributed by atoms with van der Waals surface area (Å²) in [6, 6.07) is 12.4. The minimum absolute atomic E-state index is 0.136. The molecule has 3 aromatic rings. The Kier molecular flexibility index (Phi) is 5.39. The largest absolute Gasteiger partial charge is 0.488 e. The van der Waals surface area contributed by atoms with E-state index in [1.165, 1.54) is 0 Å². The highest BCUT2D eigenvalue weighted by molar-refractivity contribution is 5.92. The third-order valence-electron chi connectivity index (χ3n) is 6.08. The quantitative estimate of drug-likeness (QED) is 0.592. The first-order valence-electron chi connectivity index (χ1n) is 10.8. The van der Waals surface area contributed by atoms with E-state index in [2.05, 4.69) is 10.3 Å². The molecule has 1 fully saturated rings. The van der Waals surface area contributed by atoms with Gasteiger partial charge in [0.2, 0.25) is 5.91 Å². The number of amides is 1. The molecule has 1 aromatic heterocycles. The molecule has 0 spiro atoms. The zero-order valence-electron chi connectivity index (χ0n) is 17.6. The number of anilines is 1. The van der Waals surface area contributed by atoms with Gasteiger partial charge in [0.15, 0.2) is 23.1 Å². The molecule has 0 saturated heterocycles. The van der Waals surface area contributed by atoms with E-state index in [4.69, 9.17) is 15.2 Å². The van der Waals surface area contributed by atoms with Crippen LogP contribution in [0.3, 0.4) is 0 Å². The number of primary amides is 1. The van der Waals surface area contributed by atoms with Crippen molar-refractivity contribution in [2.75, 3.05) is 18.5 Å². The van der Waals surface area contributed by atoms with E-state index in [0.717, 1.165) is 30.4 Å². The van der Waals surface area contributed by atoms with E-state index in [1.54, 1.807) is 36.5 Å². The summed E-state index contributed by atoms with van der Waals surface area (Å²) >= 11 is 0. The second-order valence-electron chi connectivity index (χ2n) is 8.17. The number of ether oxygens (including phenoxy) is 2. The third-order valence-corrected chi connectivity index (χ3v) is 6.08. The van der Waals surface area contributed by atoms with Crippen LogP contribution in [0, 0.1) is 5.82 Å². The molecule has 0 radical (unpaired) electrons. The molecule has 2 aliphatic rings. The van der Waals surface area contributed by atoms with E-state index < -0.39 is 11.7 Å². The van der Waals surface area contributed by atoms with Crippen molar-refractivity contribution in [3.63, 3.8) is 0 Å². The highest BCUT2D eigenvalue weighted by Crippen LogP contribution is 2.44. The molecule has 1 aliphatic heterocycles. The van der Waals surface area contributed by atoms with Gasteiger partial charge in [-0.25, -0.2) is 9.37 Å². The fourth-order valence-electron chi connectivity index (χ4n) is 4.12. The Bertz CT molecular complexity index is 1180. The van der Waals surface area contributed by atoms with Crippen LogP contribution in [0.4, 0.5) is 10.2 Å². The molecule has 0 atom stereocenters. The van der Waals surface area contributed by atoms with Crippen molar-refractivity contribution in [3.8, 4) is 22.6 Å². The summed E-state index contributed by atoms with van der Waals surface area (Å²) in [5.74, 6) is 0.908. The van der Waals surface area contributed by atoms with Crippen molar-refractivity contribution < 1.29 is 18.7 Å². The molecule has 164 valence electrons. The number of aromatic nitrogens is 1. The van der Waals surface area contributed by atoms with Gasteiger partial charge in [0.25, 0.3) is 0 Å². The molecule has 6 nitrogen and oxygen atoms in total. The summed E-state index contributed by atoms with van der Waals surface area (Å²) in [7, 11) is 0. The lowest BCUT2D eigenvalue weighted by atomic mass is 9.79. The van der Waals surface area contributed by atoms with Crippen molar-refractivity contribution in [1.82, 2.24) is 4.98 Å². The second kappa shape index (κ2) is 8.49. The Hall–Kier alpha value is -3.61. The smallest absolute Gasteiger partial charge is 0.248 e. The van der Waals surface area contributed by atoms with Crippen LogP contribution in [0.5, 0.6) is 11.5 Å². The number of hydrogen-bond acceptors (Lipinski definition) is 5. The Morgan fingerprint density at radius 2 is 2.12 bits per heavy atom. The van der Waals surface area contributed by atoms with Gasteiger partial charge in [0, 0.05) is 28.5 Å². The van der Waals surface area contributed by atoms with Crippen LogP contribution in [0.2, 0.25) is 0 Å². The van der Waals surface area contributed by atoms with Crippen LogP contribution in [-0.4, -0.2) is 24.0 Å². The van der Waals surface area contributed by atoms with Crippen LogP contribution in [0.15, 0.2) is 48.7 Å². The monoisotopic (exact) mass is 433 g/mol. The Morgan fingerprint density at radius 1 is 1.25 bits per heavy atom. The average molecular weight is 433 g/mol. The molecule has 0 bridgehead atoms. The SMILES string of the molecule is NC(=O)c1cccc(COc2c(C3CCC3)ccc(-c3cnc4c(c3)OCCN4)c2F)c1. The van der Waals surface area contributed by atoms with Gasteiger partial charge < -0.3 is 20.5 Å². The number of pyridine rings is 1. The number of fused-ring (bicyclic) bond motifs is 1. The number of carbonyl (C=O) groups excluding carboxylic acids is 1. The molecule has 1 aliphatic carbocycles. The molecule has 32 heavy (non-hydrogen) atoms. The Morgan fingerprint density at radius 3 is 2.91 bits per heavy atom. The van der Waals surface area contributed by atoms with E-state index in [1.807, 2.05) is 12.1 Å². The van der Waals surface area contributed by atoms with E-state index in [9.17, 15) is 4.79 Å². The Labute approximate surface area is 185 Å². The third kappa shape index (κ3) is 3.86. The lowest BCUT2D eigenvalue weighted by Gasteiger charge is -2.28. The summed E-state index contributed by atoms with van der Waals surface area (Å²) in [6.07, 6.45) is 4.81. The summed E-state index contributed by atoms with van der Waals surface area (Å²) in [5.41, 5.74) is 8.45. The first-order chi connectivity index (χ1) is 15.6. The number of rotatable bonds is 6. The summed E-state index contributed by atoms with van der Waals surface area (Å²) in [6.45, 7) is 1.37. The number of carbonyl (C=O) groups is 1. The molecule has 1 amide bonds. The molecule has 2 heterocycles. The average Bonchev–Trinajstić information content (AvgIpc) is 2.77. The van der Waals surface area contributed by atoms with Crippen LogP contribution in [0.25, 0.3) is 11.1 Å². The standard InChI is InChI=1S/C25H24FN3O3/c26-22-19(18-12-21-25(29-13-18)28-9-10-31-21)7-8-20(16-4-2-5-16)23(22)32-14-15-3-1-6-17(11-15)24(27)30/h1,3,6-8,11-13,16H,2,4-5,9-10,14H2,(H2,27,30)(H,28,29). The van der Waals surface area contributed by atoms with Crippen molar-refractivity contribution in [2.45, 2.75) is 31.8 Å². The maximum atomic E-state index is 15.8. The van der Waals surface area contributed by atoms with Gasteiger partial charge in [-0.1, -0.05) is 30.7 Å². The van der Waals surface area contributed by atoms with Gasteiger partial charge in [0.05, 0.1) is 6.54 Å². The van der Waals surface area contributed by atoms with Crippen LogP contribution in [-0.2, 0) is 6.61 Å². The number of nitrogens with one attached hydrogen (secondary N) is 1. The summed E-state index contributed by atoms with van der Waals surface area (Å²) in [4.78, 5) is 15.9. The van der Waals surface area contributed by atoms with Crippen LogP contribution < -0.4 is 20.5 Å². The first kappa shape index (κ1) is 20.3. The molecular formula is C25H24FN3O3. The number of benzene rings is 2. The maximum Gasteiger partial charge on any atom is 0.248 e. The molecule has 3 N–H and O–H groups in total. The molecular weight excluding hydrogens is 409 g/mol. The van der Waals surface area contributed by atoms with Gasteiger partial charge >= 0.3 is 0 Å². The first-order valence-corrected chi connectivity index (χ1v) is 10.8. The molecule has 5 rings (SSSR count). The number of halogens is 1. The van der Waals surface area contributed by atoms with E-state index in [-0.39, 0.29) is 12.4 Å². The number of nitrogens with zero attached hydrogens (tertiary/aromatic N) is 1. The van der Waals surface area contributed by atoms with Crippen molar-refractivity contribution >= 4 is 11.7 Å². The minimum atomic E-state index is -0.508. The molecule has 7 heteroatoms. The van der Waals surface area contributed by atoms with Crippen LogP contribution >= 0.6 is 0 Å². The zero-order chi connectivity index (χ0) is 22.1. The van der Waals surface area contributed by atoms with Crippen molar-refractivity contribution in [3.05, 3.63) is 71.2 Å². The van der Waals surface area contributed by atoms with Gasteiger partial charge in [-0.3, -0.25) is 4.79 Å². The molecule has 0 unspecified atom stereocenters. The fourth-order valence-corrected chi connectivity index (χ4v) is 4.12. The lowest BCUT2D eigenvalue weighted by Crippen LogP contribution is -2.19. The van der Waals surface area contributed by atoms with E-state index in [0.29, 0.717) is 47.3 Å². The van der Waals surface area contributed by atoms with Gasteiger partial charge in [-0.05, 0) is 42.5 Å². The summed E-state index contributed by atoms with van der Waals surface area (Å²) < 4.78 is 27.5.